The molecular formula is C17H20N2O2S2. The molecule has 6 heteroatoms. The Kier molecular flexibility index (Phi) is 5.56. The van der Waals surface area contributed by atoms with Crippen molar-refractivity contribution in [3.8, 4) is 5.88 Å². The molecule has 2 aromatic rings. The van der Waals surface area contributed by atoms with Crippen LogP contribution >= 0.6 is 23.1 Å². The van der Waals surface area contributed by atoms with Crippen molar-refractivity contribution in [1.82, 2.24) is 9.88 Å². The minimum atomic E-state index is 0.0222. The number of nitrogens with zero attached hydrogens (tertiary/aromatic N) is 2. The van der Waals surface area contributed by atoms with Crippen molar-refractivity contribution < 1.29 is 9.53 Å². The summed E-state index contributed by atoms with van der Waals surface area (Å²) in [5.74, 6) is 1.42. The number of aromatic nitrogens is 1. The lowest BCUT2D eigenvalue weighted by atomic mass is 10.2. The molecule has 2 aromatic heterocycles. The Morgan fingerprint density at radius 2 is 2.30 bits per heavy atom. The van der Waals surface area contributed by atoms with Gasteiger partial charge in [-0.2, -0.15) is 11.8 Å². The number of pyridine rings is 1. The number of thiophene rings is 1. The largest absolute Gasteiger partial charge is 0.477 e. The van der Waals surface area contributed by atoms with Gasteiger partial charge in [0.15, 0.2) is 0 Å². The minimum Gasteiger partial charge on any atom is -0.477 e. The Bertz CT molecular complexity index is 646. The fourth-order valence-electron chi connectivity index (χ4n) is 2.65. The Morgan fingerprint density at radius 3 is 3.09 bits per heavy atom. The molecule has 1 fully saturated rings. The lowest BCUT2D eigenvalue weighted by Crippen LogP contribution is -2.33. The minimum absolute atomic E-state index is 0.0222. The van der Waals surface area contributed by atoms with E-state index in [2.05, 4.69) is 22.5 Å². The number of hydrogen-bond acceptors (Lipinski definition) is 5. The van der Waals surface area contributed by atoms with Crippen molar-refractivity contribution in [3.63, 3.8) is 0 Å². The van der Waals surface area contributed by atoms with Gasteiger partial charge in [-0.3, -0.25) is 4.79 Å². The smallest absolute Gasteiger partial charge is 0.259 e. The van der Waals surface area contributed by atoms with Crippen molar-refractivity contribution in [2.24, 2.45) is 0 Å². The maximum absolute atomic E-state index is 12.8. The predicted molar refractivity (Wildman–Crippen MR) is 95.4 cm³/mol. The molecule has 3 heterocycles. The van der Waals surface area contributed by atoms with Gasteiger partial charge < -0.3 is 9.64 Å². The average molecular weight is 348 g/mol. The molecule has 0 saturated carbocycles. The molecule has 122 valence electrons. The lowest BCUT2D eigenvalue weighted by Gasteiger charge is -2.21. The van der Waals surface area contributed by atoms with Crippen LogP contribution in [0.1, 0.15) is 33.8 Å². The number of carbonyl (C=O) groups excluding carboxylic acids is 1. The lowest BCUT2D eigenvalue weighted by molar-refractivity contribution is 0.0761. The summed E-state index contributed by atoms with van der Waals surface area (Å²) < 4.78 is 5.50. The van der Waals surface area contributed by atoms with E-state index in [4.69, 9.17) is 4.74 Å². The molecule has 4 nitrogen and oxygen atoms in total. The second-order valence-corrected chi connectivity index (χ2v) is 7.53. The molecule has 0 bridgehead atoms. The molecule has 23 heavy (non-hydrogen) atoms. The zero-order valence-electron chi connectivity index (χ0n) is 13.1. The van der Waals surface area contributed by atoms with Crippen molar-refractivity contribution in [2.45, 2.75) is 18.6 Å². The van der Waals surface area contributed by atoms with Crippen molar-refractivity contribution >= 4 is 29.0 Å². The van der Waals surface area contributed by atoms with Crippen molar-refractivity contribution in [1.29, 1.82) is 0 Å². The number of carbonyl (C=O) groups is 1. The van der Waals surface area contributed by atoms with Crippen LogP contribution in [0, 0.1) is 0 Å². The number of amides is 1. The van der Waals surface area contributed by atoms with Gasteiger partial charge in [0.1, 0.15) is 5.56 Å². The molecule has 0 unspecified atom stereocenters. The third kappa shape index (κ3) is 3.87. The number of ether oxygens (including phenoxy) is 1. The molecule has 0 spiro atoms. The van der Waals surface area contributed by atoms with Crippen LogP contribution < -0.4 is 4.74 Å². The standard InChI is InChI=1S/C17H20N2O2S2/c1-2-21-16-13(5-3-8-18-16)17(20)19-9-7-15(23-12-10-19)14-6-4-11-22-14/h3-6,8,11,15H,2,7,9-10,12H2,1H3/t15-/m1/s1. The van der Waals surface area contributed by atoms with E-state index in [1.807, 2.05) is 23.6 Å². The summed E-state index contributed by atoms with van der Waals surface area (Å²) in [5, 5.41) is 2.61. The SMILES string of the molecule is CCOc1ncccc1C(=O)N1CCS[C@@H](c2cccs2)CC1. The quantitative estimate of drug-likeness (QED) is 0.841. The van der Waals surface area contributed by atoms with Gasteiger partial charge in [0.05, 0.1) is 6.61 Å². The summed E-state index contributed by atoms with van der Waals surface area (Å²) in [5.41, 5.74) is 0.564. The van der Waals surface area contributed by atoms with Crippen molar-refractivity contribution in [2.75, 3.05) is 25.4 Å². The van der Waals surface area contributed by atoms with E-state index in [-0.39, 0.29) is 5.91 Å². The Hall–Kier alpha value is -1.53. The van der Waals surface area contributed by atoms with Crippen LogP contribution in [-0.4, -0.2) is 41.2 Å². The molecule has 1 aliphatic heterocycles. The highest BCUT2D eigenvalue weighted by Crippen LogP contribution is 2.37. The number of thioether (sulfide) groups is 1. The zero-order valence-corrected chi connectivity index (χ0v) is 14.7. The van der Waals surface area contributed by atoms with Crippen LogP contribution in [0.15, 0.2) is 35.8 Å². The summed E-state index contributed by atoms with van der Waals surface area (Å²) in [7, 11) is 0. The van der Waals surface area contributed by atoms with Gasteiger partial charge in [0, 0.05) is 35.2 Å². The van der Waals surface area contributed by atoms with Gasteiger partial charge in [0.25, 0.3) is 5.91 Å². The van der Waals surface area contributed by atoms with Crippen LogP contribution in [0.4, 0.5) is 0 Å². The van der Waals surface area contributed by atoms with Crippen molar-refractivity contribution in [3.05, 3.63) is 46.3 Å². The fourth-order valence-corrected chi connectivity index (χ4v) is 4.89. The maximum Gasteiger partial charge on any atom is 0.259 e. The highest BCUT2D eigenvalue weighted by atomic mass is 32.2. The molecule has 0 aromatic carbocycles. The molecule has 0 N–H and O–H groups in total. The van der Waals surface area contributed by atoms with Crippen LogP contribution in [0.25, 0.3) is 0 Å². The van der Waals surface area contributed by atoms with E-state index in [9.17, 15) is 4.79 Å². The van der Waals surface area contributed by atoms with E-state index in [0.717, 1.165) is 25.3 Å². The highest BCUT2D eigenvalue weighted by Gasteiger charge is 2.25. The molecule has 1 saturated heterocycles. The van der Waals surface area contributed by atoms with E-state index in [1.54, 1.807) is 29.7 Å². The van der Waals surface area contributed by atoms with E-state index in [1.165, 1.54) is 4.88 Å². The average Bonchev–Trinajstić information content (AvgIpc) is 3.00. The summed E-state index contributed by atoms with van der Waals surface area (Å²) in [6.07, 6.45) is 2.65. The first-order chi connectivity index (χ1) is 11.3. The summed E-state index contributed by atoms with van der Waals surface area (Å²) in [6.45, 7) is 3.95. The molecular weight excluding hydrogens is 328 g/mol. The topological polar surface area (TPSA) is 42.4 Å². The van der Waals surface area contributed by atoms with E-state index in [0.29, 0.717) is 23.3 Å². The van der Waals surface area contributed by atoms with Crippen LogP contribution in [0.5, 0.6) is 5.88 Å². The third-order valence-corrected chi connectivity index (χ3v) is 6.22. The summed E-state index contributed by atoms with van der Waals surface area (Å²) in [6, 6.07) is 7.87. The second kappa shape index (κ2) is 7.84. The number of rotatable bonds is 4. The fraction of sp³-hybridized carbons (Fsp3) is 0.412. The zero-order chi connectivity index (χ0) is 16.1. The molecule has 3 rings (SSSR count). The monoisotopic (exact) mass is 348 g/mol. The Balaban J connectivity index is 1.71. The van der Waals surface area contributed by atoms with E-state index < -0.39 is 0 Å². The highest BCUT2D eigenvalue weighted by molar-refractivity contribution is 7.99. The first-order valence-corrected chi connectivity index (χ1v) is 9.74. The Morgan fingerprint density at radius 1 is 1.39 bits per heavy atom. The molecule has 0 aliphatic carbocycles. The van der Waals surface area contributed by atoms with Crippen LogP contribution in [-0.2, 0) is 0 Å². The summed E-state index contributed by atoms with van der Waals surface area (Å²) in [4.78, 5) is 20.4. The maximum atomic E-state index is 12.8. The van der Waals surface area contributed by atoms with E-state index >= 15 is 0 Å². The van der Waals surface area contributed by atoms with Gasteiger partial charge in [-0.05, 0) is 36.9 Å². The predicted octanol–water partition coefficient (Wildman–Crippen LogP) is 3.86. The third-order valence-electron chi connectivity index (χ3n) is 3.77. The first-order valence-electron chi connectivity index (χ1n) is 7.81. The molecule has 1 amide bonds. The van der Waals surface area contributed by atoms with Gasteiger partial charge in [-0.1, -0.05) is 6.07 Å². The number of hydrogen-bond donors (Lipinski definition) is 0. The second-order valence-electron chi connectivity index (χ2n) is 5.24. The molecule has 1 aliphatic rings. The summed E-state index contributed by atoms with van der Waals surface area (Å²) >= 11 is 3.74. The van der Waals surface area contributed by atoms with Crippen LogP contribution in [0.2, 0.25) is 0 Å². The van der Waals surface area contributed by atoms with Gasteiger partial charge in [0.2, 0.25) is 5.88 Å². The van der Waals surface area contributed by atoms with Gasteiger partial charge in [-0.25, -0.2) is 4.98 Å². The Labute approximate surface area is 144 Å². The molecule has 1 atom stereocenters. The molecule has 0 radical (unpaired) electrons. The normalized spacial score (nSPS) is 18.5. The van der Waals surface area contributed by atoms with Gasteiger partial charge in [-0.15, -0.1) is 11.3 Å². The van der Waals surface area contributed by atoms with Gasteiger partial charge >= 0.3 is 0 Å². The first kappa shape index (κ1) is 16.3. The van der Waals surface area contributed by atoms with Crippen LogP contribution in [0.3, 0.4) is 0 Å².